The second-order valence-corrected chi connectivity index (χ2v) is 7.26. The van der Waals surface area contributed by atoms with Crippen LogP contribution in [0.1, 0.15) is 48.0 Å². The number of aryl methyl sites for hydroxylation is 1. The summed E-state index contributed by atoms with van der Waals surface area (Å²) in [6.07, 6.45) is 3.24. The molecule has 1 saturated heterocycles. The number of hydrogen-bond donors (Lipinski definition) is 4. The molecule has 5 N–H and O–H groups in total. The van der Waals surface area contributed by atoms with E-state index in [2.05, 4.69) is 15.2 Å². The number of piperidine rings is 1. The third kappa shape index (κ3) is 6.07. The summed E-state index contributed by atoms with van der Waals surface area (Å²) in [5.74, 6) is -0.933. The Bertz CT molecular complexity index is 748. The summed E-state index contributed by atoms with van der Waals surface area (Å²) in [5.41, 5.74) is 5.85. The molecule has 1 aliphatic rings. The van der Waals surface area contributed by atoms with Gasteiger partial charge in [0.2, 0.25) is 0 Å². The Morgan fingerprint density at radius 1 is 1.39 bits per heavy atom. The highest BCUT2D eigenvalue weighted by Gasteiger charge is 2.31. The van der Waals surface area contributed by atoms with Gasteiger partial charge in [-0.3, -0.25) is 14.4 Å². The number of pyridine rings is 1. The molecule has 0 spiro atoms. The molecule has 0 aromatic carbocycles. The maximum absolute atomic E-state index is 12.6. The van der Waals surface area contributed by atoms with Crippen molar-refractivity contribution in [3.63, 3.8) is 0 Å². The number of carboxylic acid groups (broad SMARTS) is 1. The summed E-state index contributed by atoms with van der Waals surface area (Å²) in [5, 5.41) is 11.6. The number of rotatable bonds is 9. The van der Waals surface area contributed by atoms with E-state index in [9.17, 15) is 14.4 Å². The highest BCUT2D eigenvalue weighted by atomic mass is 16.5. The predicted octanol–water partition coefficient (Wildman–Crippen LogP) is 0.730. The number of aromatic amines is 1. The van der Waals surface area contributed by atoms with Crippen LogP contribution in [0, 0.1) is 6.92 Å². The molecule has 1 aliphatic heterocycles. The van der Waals surface area contributed by atoms with Gasteiger partial charge in [0.15, 0.2) is 0 Å². The topological polar surface area (TPSA) is 138 Å². The number of carboxylic acids is 1. The number of hydrogen-bond acceptors (Lipinski definition) is 6. The van der Waals surface area contributed by atoms with Gasteiger partial charge in [-0.2, -0.15) is 0 Å². The summed E-state index contributed by atoms with van der Waals surface area (Å²) in [7, 11) is 1.61. The number of aliphatic carboxylic acids is 1. The van der Waals surface area contributed by atoms with Crippen LogP contribution in [0.2, 0.25) is 0 Å². The third-order valence-electron chi connectivity index (χ3n) is 5.15. The van der Waals surface area contributed by atoms with Crippen LogP contribution in [-0.4, -0.2) is 65.8 Å². The number of carbonyl (C=O) groups is 2. The van der Waals surface area contributed by atoms with Gasteiger partial charge in [0, 0.05) is 26.6 Å². The van der Waals surface area contributed by atoms with Gasteiger partial charge < -0.3 is 30.8 Å². The minimum atomic E-state index is -0.758. The molecule has 0 radical (unpaired) electrons. The van der Waals surface area contributed by atoms with Crippen LogP contribution in [-0.2, 0) is 9.53 Å². The van der Waals surface area contributed by atoms with Gasteiger partial charge in [-0.05, 0) is 44.4 Å². The molecule has 156 valence electrons. The quantitative estimate of drug-likeness (QED) is 0.453. The summed E-state index contributed by atoms with van der Waals surface area (Å²) < 4.78 is 5.56. The Morgan fingerprint density at radius 2 is 2.14 bits per heavy atom. The first-order valence-corrected chi connectivity index (χ1v) is 9.59. The second-order valence-electron chi connectivity index (χ2n) is 7.26. The van der Waals surface area contributed by atoms with Gasteiger partial charge in [0.1, 0.15) is 11.4 Å². The number of aromatic nitrogens is 1. The Hall–Kier alpha value is -2.39. The number of carbonyl (C=O) groups excluding carboxylic acids is 1. The van der Waals surface area contributed by atoms with E-state index < -0.39 is 17.4 Å². The number of unbranched alkanes of at least 4 members (excludes halogenated alkanes) is 2. The van der Waals surface area contributed by atoms with Crippen molar-refractivity contribution in [1.82, 2.24) is 15.2 Å². The molecule has 0 aliphatic carbocycles. The van der Waals surface area contributed by atoms with Gasteiger partial charge in [-0.1, -0.05) is 6.42 Å². The largest absolute Gasteiger partial charge is 0.481 e. The number of nitrogens with one attached hydrogen (secondary N) is 2. The minimum absolute atomic E-state index is 0.0439. The minimum Gasteiger partial charge on any atom is -0.481 e. The summed E-state index contributed by atoms with van der Waals surface area (Å²) in [6.45, 7) is 4.09. The highest BCUT2D eigenvalue weighted by molar-refractivity contribution is 5.94. The van der Waals surface area contributed by atoms with Crippen LogP contribution in [0.4, 0.5) is 5.82 Å². The van der Waals surface area contributed by atoms with E-state index in [1.165, 1.54) is 6.07 Å². The van der Waals surface area contributed by atoms with Crippen molar-refractivity contribution in [2.45, 2.75) is 51.2 Å². The van der Waals surface area contributed by atoms with Gasteiger partial charge in [0.25, 0.3) is 11.5 Å². The standard InChI is InChI=1S/C19H30N4O5/c1-12-10-13(19(27)22-17(12)20)18(26)21-14-7-9-23(11-15(14)28-2)8-5-3-4-6-16(24)25/h10,14-15H,3-9,11H2,1-2H3,(H,21,26)(H,24,25)(H3,20,22,27). The molecule has 2 unspecified atom stereocenters. The van der Waals surface area contributed by atoms with Crippen molar-refractivity contribution < 1.29 is 19.4 Å². The fourth-order valence-corrected chi connectivity index (χ4v) is 3.44. The van der Waals surface area contributed by atoms with Gasteiger partial charge >= 0.3 is 5.97 Å². The number of nitrogen functional groups attached to an aromatic ring is 1. The van der Waals surface area contributed by atoms with Crippen LogP contribution < -0.4 is 16.6 Å². The number of nitrogens with two attached hydrogens (primary N) is 1. The molecule has 28 heavy (non-hydrogen) atoms. The third-order valence-corrected chi connectivity index (χ3v) is 5.15. The highest BCUT2D eigenvalue weighted by Crippen LogP contribution is 2.16. The zero-order valence-electron chi connectivity index (χ0n) is 16.5. The van der Waals surface area contributed by atoms with Crippen LogP contribution in [0.5, 0.6) is 0 Å². The number of methoxy groups -OCH3 is 1. The molecule has 9 nitrogen and oxygen atoms in total. The lowest BCUT2D eigenvalue weighted by atomic mass is 10.0. The van der Waals surface area contributed by atoms with Crippen LogP contribution in [0.25, 0.3) is 0 Å². The molecule has 1 aromatic rings. The number of nitrogens with zero attached hydrogens (tertiary/aromatic N) is 1. The average Bonchev–Trinajstić information content (AvgIpc) is 2.65. The fraction of sp³-hybridized carbons (Fsp3) is 0.632. The normalized spacial score (nSPS) is 20.1. The number of H-pyrrole nitrogens is 1. The van der Waals surface area contributed by atoms with E-state index in [1.807, 2.05) is 0 Å². The fourth-order valence-electron chi connectivity index (χ4n) is 3.44. The number of likely N-dealkylation sites (tertiary alicyclic amines) is 1. The molecule has 0 bridgehead atoms. The summed E-state index contributed by atoms with van der Waals surface area (Å²) >= 11 is 0. The lowest BCUT2D eigenvalue weighted by Crippen LogP contribution is -2.55. The number of ether oxygens (including phenoxy) is 1. The van der Waals surface area contributed by atoms with Crippen molar-refractivity contribution in [3.8, 4) is 0 Å². The lowest BCUT2D eigenvalue weighted by Gasteiger charge is -2.38. The van der Waals surface area contributed by atoms with E-state index in [1.54, 1.807) is 14.0 Å². The molecule has 9 heteroatoms. The smallest absolute Gasteiger partial charge is 0.303 e. The SMILES string of the molecule is COC1CN(CCCCCC(=O)O)CCC1NC(=O)c1cc(C)c(N)[nH]c1=O. The van der Waals surface area contributed by atoms with Crippen LogP contribution >= 0.6 is 0 Å². The number of anilines is 1. The molecular weight excluding hydrogens is 364 g/mol. The van der Waals surface area contributed by atoms with Crippen molar-refractivity contribution in [2.24, 2.45) is 0 Å². The Labute approximate surface area is 164 Å². The van der Waals surface area contributed by atoms with E-state index >= 15 is 0 Å². The van der Waals surface area contributed by atoms with Crippen molar-refractivity contribution in [3.05, 3.63) is 27.5 Å². The first-order valence-electron chi connectivity index (χ1n) is 9.59. The molecule has 1 fully saturated rings. The Balaban J connectivity index is 1.87. The van der Waals surface area contributed by atoms with Crippen molar-refractivity contribution in [1.29, 1.82) is 0 Å². The summed E-state index contributed by atoms with van der Waals surface area (Å²) in [4.78, 5) is 39.9. The predicted molar refractivity (Wildman–Crippen MR) is 105 cm³/mol. The van der Waals surface area contributed by atoms with Gasteiger partial charge in [-0.15, -0.1) is 0 Å². The van der Waals surface area contributed by atoms with Crippen LogP contribution in [0.3, 0.4) is 0 Å². The zero-order valence-corrected chi connectivity index (χ0v) is 16.5. The van der Waals surface area contributed by atoms with E-state index in [0.717, 1.165) is 25.9 Å². The molecule has 0 saturated carbocycles. The van der Waals surface area contributed by atoms with E-state index in [0.29, 0.717) is 24.9 Å². The maximum Gasteiger partial charge on any atom is 0.303 e. The second kappa shape index (κ2) is 10.2. The molecule has 2 rings (SSSR count). The van der Waals surface area contributed by atoms with Gasteiger partial charge in [-0.25, -0.2) is 0 Å². The lowest BCUT2D eigenvalue weighted by molar-refractivity contribution is -0.137. The molecular formula is C19H30N4O5. The molecule has 2 heterocycles. The van der Waals surface area contributed by atoms with Crippen LogP contribution in [0.15, 0.2) is 10.9 Å². The molecule has 1 aromatic heterocycles. The zero-order chi connectivity index (χ0) is 20.7. The monoisotopic (exact) mass is 394 g/mol. The Morgan fingerprint density at radius 3 is 2.82 bits per heavy atom. The first kappa shape index (κ1) is 21.9. The number of amides is 1. The van der Waals surface area contributed by atoms with Gasteiger partial charge in [0.05, 0.1) is 12.1 Å². The first-order chi connectivity index (χ1) is 13.3. The maximum atomic E-state index is 12.6. The van der Waals surface area contributed by atoms with E-state index in [-0.39, 0.29) is 29.9 Å². The molecule has 2 atom stereocenters. The summed E-state index contributed by atoms with van der Waals surface area (Å²) in [6, 6.07) is 1.32. The average molecular weight is 394 g/mol. The van der Waals surface area contributed by atoms with Crippen molar-refractivity contribution in [2.75, 3.05) is 32.5 Å². The Kier molecular flexibility index (Phi) is 8.01. The van der Waals surface area contributed by atoms with E-state index in [4.69, 9.17) is 15.6 Å². The van der Waals surface area contributed by atoms with Crippen molar-refractivity contribution >= 4 is 17.7 Å². The molecule has 1 amide bonds.